The van der Waals surface area contributed by atoms with Gasteiger partial charge in [0.15, 0.2) is 5.65 Å². The van der Waals surface area contributed by atoms with Crippen LogP contribution in [0.15, 0.2) is 24.5 Å². The Bertz CT molecular complexity index is 755. The van der Waals surface area contributed by atoms with E-state index in [2.05, 4.69) is 31.9 Å². The monoisotopic (exact) mass is 284 g/mol. The molecular formula is C15H20N6. The summed E-state index contributed by atoms with van der Waals surface area (Å²) in [5, 5.41) is 7.92. The van der Waals surface area contributed by atoms with Crippen LogP contribution in [0.2, 0.25) is 0 Å². The van der Waals surface area contributed by atoms with Gasteiger partial charge in [-0.25, -0.2) is 9.97 Å². The van der Waals surface area contributed by atoms with Gasteiger partial charge in [-0.05, 0) is 13.8 Å². The van der Waals surface area contributed by atoms with E-state index in [1.165, 1.54) is 0 Å². The summed E-state index contributed by atoms with van der Waals surface area (Å²) in [6.07, 6.45) is 4.82. The molecule has 0 saturated heterocycles. The Kier molecular flexibility index (Phi) is 3.60. The fraction of sp³-hybridized carbons (Fsp3) is 0.400. The minimum Gasteiger partial charge on any atom is -0.368 e. The zero-order valence-corrected chi connectivity index (χ0v) is 12.7. The molecule has 3 aromatic heterocycles. The van der Waals surface area contributed by atoms with Crippen molar-refractivity contribution in [1.29, 1.82) is 0 Å². The van der Waals surface area contributed by atoms with Crippen molar-refractivity contribution in [2.75, 3.05) is 11.9 Å². The average Bonchev–Trinajstić information content (AvgIpc) is 3.03. The van der Waals surface area contributed by atoms with Gasteiger partial charge in [-0.1, -0.05) is 6.92 Å². The van der Waals surface area contributed by atoms with Crippen molar-refractivity contribution in [3.05, 3.63) is 41.7 Å². The molecule has 0 aliphatic heterocycles. The minimum absolute atomic E-state index is 0.820. The van der Waals surface area contributed by atoms with Crippen molar-refractivity contribution >= 4 is 11.5 Å². The van der Waals surface area contributed by atoms with E-state index in [1.54, 1.807) is 0 Å². The molecular weight excluding hydrogens is 264 g/mol. The maximum atomic E-state index is 4.49. The molecule has 0 atom stereocenters. The van der Waals surface area contributed by atoms with Gasteiger partial charge < -0.3 is 9.88 Å². The second-order valence-electron chi connectivity index (χ2n) is 5.16. The first-order valence-electron chi connectivity index (χ1n) is 7.25. The average molecular weight is 284 g/mol. The number of aromatic nitrogens is 5. The minimum atomic E-state index is 0.820. The lowest BCUT2D eigenvalue weighted by Gasteiger charge is -2.11. The molecule has 0 saturated carbocycles. The number of imidazole rings is 1. The van der Waals surface area contributed by atoms with Crippen LogP contribution >= 0.6 is 0 Å². The smallest absolute Gasteiger partial charge is 0.157 e. The molecule has 110 valence electrons. The highest BCUT2D eigenvalue weighted by Gasteiger charge is 2.06. The maximum absolute atomic E-state index is 4.49. The molecule has 0 radical (unpaired) electrons. The lowest BCUT2D eigenvalue weighted by molar-refractivity contribution is 0.678. The van der Waals surface area contributed by atoms with Gasteiger partial charge in [0.05, 0.1) is 5.69 Å². The number of fused-ring (bicyclic) bond motifs is 1. The van der Waals surface area contributed by atoms with Gasteiger partial charge in [0, 0.05) is 49.7 Å². The molecule has 0 spiro atoms. The summed E-state index contributed by atoms with van der Waals surface area (Å²) < 4.78 is 4.03. The van der Waals surface area contributed by atoms with Crippen LogP contribution in [0.25, 0.3) is 5.65 Å². The maximum Gasteiger partial charge on any atom is 0.157 e. The van der Waals surface area contributed by atoms with Crippen LogP contribution in [0.1, 0.15) is 24.1 Å². The van der Waals surface area contributed by atoms with Crippen molar-refractivity contribution in [2.45, 2.75) is 33.7 Å². The molecule has 0 fully saturated rings. The molecule has 21 heavy (non-hydrogen) atoms. The van der Waals surface area contributed by atoms with Gasteiger partial charge in [0.25, 0.3) is 0 Å². The molecule has 6 nitrogen and oxygen atoms in total. The van der Waals surface area contributed by atoms with E-state index in [0.717, 1.165) is 48.2 Å². The third kappa shape index (κ3) is 2.74. The summed E-state index contributed by atoms with van der Waals surface area (Å²) in [7, 11) is 0. The third-order valence-electron chi connectivity index (χ3n) is 3.45. The van der Waals surface area contributed by atoms with Gasteiger partial charge in [0.1, 0.15) is 11.6 Å². The summed E-state index contributed by atoms with van der Waals surface area (Å²) in [5.74, 6) is 2.09. The van der Waals surface area contributed by atoms with E-state index in [9.17, 15) is 0 Å². The number of aryl methyl sites for hydroxylation is 3. The molecule has 0 amide bonds. The number of nitrogens with zero attached hydrogens (tertiary/aromatic N) is 5. The van der Waals surface area contributed by atoms with Gasteiger partial charge in [-0.15, -0.1) is 0 Å². The first kappa shape index (κ1) is 13.6. The molecule has 0 aliphatic rings. The molecule has 0 aliphatic carbocycles. The fourth-order valence-electron chi connectivity index (χ4n) is 2.50. The van der Waals surface area contributed by atoms with E-state index in [4.69, 9.17) is 0 Å². The molecule has 0 unspecified atom stereocenters. The topological polar surface area (TPSA) is 60.0 Å². The summed E-state index contributed by atoms with van der Waals surface area (Å²) >= 11 is 0. The van der Waals surface area contributed by atoms with Crippen molar-refractivity contribution < 1.29 is 0 Å². The highest BCUT2D eigenvalue weighted by molar-refractivity contribution is 5.50. The zero-order chi connectivity index (χ0) is 14.8. The van der Waals surface area contributed by atoms with Gasteiger partial charge >= 0.3 is 0 Å². The first-order chi connectivity index (χ1) is 10.2. The largest absolute Gasteiger partial charge is 0.368 e. The predicted molar refractivity (Wildman–Crippen MR) is 82.6 cm³/mol. The number of nitrogens with one attached hydrogen (secondary N) is 1. The Hall–Kier alpha value is -2.37. The van der Waals surface area contributed by atoms with Crippen molar-refractivity contribution in [3.63, 3.8) is 0 Å². The highest BCUT2D eigenvalue weighted by atomic mass is 15.3. The number of anilines is 1. The summed E-state index contributed by atoms with van der Waals surface area (Å²) in [6, 6.07) is 4.01. The van der Waals surface area contributed by atoms with E-state index < -0.39 is 0 Å². The summed E-state index contributed by atoms with van der Waals surface area (Å²) in [6.45, 7) is 7.80. The van der Waals surface area contributed by atoms with Crippen LogP contribution in [0.3, 0.4) is 0 Å². The zero-order valence-electron chi connectivity index (χ0n) is 12.7. The lowest BCUT2D eigenvalue weighted by atomic mass is 10.4. The third-order valence-corrected chi connectivity index (χ3v) is 3.45. The Morgan fingerprint density at radius 1 is 1.19 bits per heavy atom. The van der Waals surface area contributed by atoms with Crippen LogP contribution in [-0.2, 0) is 13.0 Å². The van der Waals surface area contributed by atoms with E-state index in [0.29, 0.717) is 0 Å². The van der Waals surface area contributed by atoms with E-state index in [-0.39, 0.29) is 0 Å². The van der Waals surface area contributed by atoms with Gasteiger partial charge in [-0.2, -0.15) is 9.61 Å². The first-order valence-corrected chi connectivity index (χ1v) is 7.25. The Labute approximate surface area is 123 Å². The van der Waals surface area contributed by atoms with Crippen molar-refractivity contribution in [2.24, 2.45) is 0 Å². The van der Waals surface area contributed by atoms with Crippen LogP contribution in [0.5, 0.6) is 0 Å². The quantitative estimate of drug-likeness (QED) is 0.780. The summed E-state index contributed by atoms with van der Waals surface area (Å²) in [4.78, 5) is 8.82. The normalized spacial score (nSPS) is 11.2. The number of hydrogen-bond donors (Lipinski definition) is 1. The van der Waals surface area contributed by atoms with Gasteiger partial charge in [-0.3, -0.25) is 0 Å². The molecule has 6 heteroatoms. The second-order valence-corrected chi connectivity index (χ2v) is 5.16. The number of rotatable bonds is 5. The molecule has 3 rings (SSSR count). The molecule has 3 aromatic rings. The molecule has 3 heterocycles. The van der Waals surface area contributed by atoms with E-state index >= 15 is 0 Å². The summed E-state index contributed by atoms with van der Waals surface area (Å²) in [5.41, 5.74) is 2.84. The van der Waals surface area contributed by atoms with Crippen molar-refractivity contribution in [3.8, 4) is 0 Å². The van der Waals surface area contributed by atoms with Crippen LogP contribution < -0.4 is 5.32 Å². The van der Waals surface area contributed by atoms with E-state index in [1.807, 2.05) is 42.9 Å². The van der Waals surface area contributed by atoms with Crippen LogP contribution in [0.4, 0.5) is 5.82 Å². The van der Waals surface area contributed by atoms with Gasteiger partial charge in [0.2, 0.25) is 0 Å². The van der Waals surface area contributed by atoms with Crippen molar-refractivity contribution in [1.82, 2.24) is 24.1 Å². The molecule has 0 bridgehead atoms. The Morgan fingerprint density at radius 2 is 2.05 bits per heavy atom. The fourth-order valence-corrected chi connectivity index (χ4v) is 2.50. The Morgan fingerprint density at radius 3 is 2.86 bits per heavy atom. The highest BCUT2D eigenvalue weighted by Crippen LogP contribution is 2.13. The Balaban J connectivity index is 1.76. The lowest BCUT2D eigenvalue weighted by Crippen LogP contribution is -2.14. The SMILES string of the molecule is CCc1nccn1CCNc1cc(C)nc2cc(C)nn12. The molecule has 1 N–H and O–H groups in total. The predicted octanol–water partition coefficient (Wildman–Crippen LogP) is 2.22. The number of hydrogen-bond acceptors (Lipinski definition) is 4. The van der Waals surface area contributed by atoms with Crippen LogP contribution in [0, 0.1) is 13.8 Å². The standard InChI is InChI=1S/C15H20N6/c1-4-13-16-5-7-20(13)8-6-17-14-9-11(2)18-15-10-12(3)19-21(14)15/h5,7,9-10,17H,4,6,8H2,1-3H3. The molecule has 0 aromatic carbocycles. The van der Waals surface area contributed by atoms with Crippen LogP contribution in [-0.4, -0.2) is 30.7 Å². The second kappa shape index (κ2) is 5.55.